The maximum absolute atomic E-state index is 13.1. The highest BCUT2D eigenvalue weighted by atomic mass is 32.1. The highest BCUT2D eigenvalue weighted by molar-refractivity contribution is 7.22. The van der Waals surface area contributed by atoms with Crippen LogP contribution in [-0.2, 0) is 0 Å². The van der Waals surface area contributed by atoms with E-state index >= 15 is 0 Å². The third kappa shape index (κ3) is 4.12. The summed E-state index contributed by atoms with van der Waals surface area (Å²) in [7, 11) is 0. The zero-order chi connectivity index (χ0) is 24.6. The number of hydrogen-bond donors (Lipinski definition) is 1. The summed E-state index contributed by atoms with van der Waals surface area (Å²) in [5.41, 5.74) is 8.75. The Morgan fingerprint density at radius 3 is 1.94 bits per heavy atom. The lowest BCUT2D eigenvalue weighted by Gasteiger charge is -2.11. The van der Waals surface area contributed by atoms with Crippen molar-refractivity contribution in [2.75, 3.05) is 5.32 Å². The summed E-state index contributed by atoms with van der Waals surface area (Å²) >= 11 is 1.48. The van der Waals surface area contributed by atoms with Crippen LogP contribution in [0, 0.1) is 13.8 Å². The third-order valence-corrected chi connectivity index (χ3v) is 7.18. The lowest BCUT2D eigenvalue weighted by atomic mass is 10.0. The Labute approximate surface area is 212 Å². The predicted octanol–water partition coefficient (Wildman–Crippen LogP) is 7.44. The minimum Gasteiger partial charge on any atom is -0.298 e. The van der Waals surface area contributed by atoms with E-state index in [9.17, 15) is 4.79 Å². The van der Waals surface area contributed by atoms with E-state index in [1.165, 1.54) is 22.5 Å². The molecule has 0 atom stereocenters. The number of nitrogens with one attached hydrogen (secondary N) is 1. The predicted molar refractivity (Wildman–Crippen MR) is 147 cm³/mol. The number of aromatic nitrogens is 3. The zero-order valence-electron chi connectivity index (χ0n) is 19.8. The van der Waals surface area contributed by atoms with E-state index in [4.69, 9.17) is 9.97 Å². The van der Waals surface area contributed by atoms with Crippen molar-refractivity contribution in [1.82, 2.24) is 15.0 Å². The molecule has 0 fully saturated rings. The van der Waals surface area contributed by atoms with Gasteiger partial charge in [0.2, 0.25) is 0 Å². The molecule has 0 aliphatic rings. The van der Waals surface area contributed by atoms with Gasteiger partial charge in [0.1, 0.15) is 0 Å². The van der Waals surface area contributed by atoms with E-state index in [-0.39, 0.29) is 5.91 Å². The van der Waals surface area contributed by atoms with E-state index in [0.717, 1.165) is 38.2 Å². The maximum Gasteiger partial charge on any atom is 0.257 e. The van der Waals surface area contributed by atoms with Crippen molar-refractivity contribution in [3.05, 3.63) is 108 Å². The molecule has 0 bridgehead atoms. The maximum atomic E-state index is 13.1. The van der Waals surface area contributed by atoms with Crippen molar-refractivity contribution in [1.29, 1.82) is 0 Å². The van der Waals surface area contributed by atoms with Gasteiger partial charge in [0, 0.05) is 16.7 Å². The molecule has 0 saturated carbocycles. The van der Waals surface area contributed by atoms with Crippen LogP contribution in [0.25, 0.3) is 43.8 Å². The number of anilines is 1. The van der Waals surface area contributed by atoms with Crippen LogP contribution in [0.4, 0.5) is 5.13 Å². The zero-order valence-corrected chi connectivity index (χ0v) is 20.6. The molecule has 0 aliphatic carbocycles. The van der Waals surface area contributed by atoms with Crippen molar-refractivity contribution < 1.29 is 4.79 Å². The minimum absolute atomic E-state index is 0.223. The van der Waals surface area contributed by atoms with Gasteiger partial charge in [-0.25, -0.2) is 15.0 Å². The van der Waals surface area contributed by atoms with Gasteiger partial charge in [0.15, 0.2) is 5.13 Å². The van der Waals surface area contributed by atoms with Crippen molar-refractivity contribution >= 4 is 43.6 Å². The Kier molecular flexibility index (Phi) is 5.51. The molecule has 0 spiro atoms. The number of amides is 1. The van der Waals surface area contributed by atoms with Gasteiger partial charge in [-0.2, -0.15) is 0 Å². The van der Waals surface area contributed by atoms with Crippen LogP contribution in [0.3, 0.4) is 0 Å². The molecular formula is C30H22N4OS. The van der Waals surface area contributed by atoms with Crippen molar-refractivity contribution in [3.8, 4) is 22.5 Å². The van der Waals surface area contributed by atoms with Gasteiger partial charge in [-0.05, 0) is 55.3 Å². The summed E-state index contributed by atoms with van der Waals surface area (Å²) in [6.07, 6.45) is 0. The Hall–Kier alpha value is -4.42. The number of fused-ring (bicyclic) bond motifs is 2. The van der Waals surface area contributed by atoms with Gasteiger partial charge in [-0.15, -0.1) is 0 Å². The molecule has 4 aromatic carbocycles. The molecule has 1 amide bonds. The van der Waals surface area contributed by atoms with Gasteiger partial charge in [-0.3, -0.25) is 10.1 Å². The number of carbonyl (C=O) groups excluding carboxylic acids is 1. The summed E-state index contributed by atoms with van der Waals surface area (Å²) in [6, 6.07) is 29.6. The molecule has 0 aliphatic heterocycles. The summed E-state index contributed by atoms with van der Waals surface area (Å²) in [5.74, 6) is -0.223. The van der Waals surface area contributed by atoms with Gasteiger partial charge in [-0.1, -0.05) is 72.0 Å². The first-order chi connectivity index (χ1) is 17.5. The van der Waals surface area contributed by atoms with E-state index < -0.39 is 0 Å². The monoisotopic (exact) mass is 486 g/mol. The van der Waals surface area contributed by atoms with E-state index in [1.807, 2.05) is 66.7 Å². The molecular weight excluding hydrogens is 464 g/mol. The fourth-order valence-electron chi connectivity index (χ4n) is 4.19. The summed E-state index contributed by atoms with van der Waals surface area (Å²) in [5, 5.41) is 3.53. The quantitative estimate of drug-likeness (QED) is 0.281. The second-order valence-corrected chi connectivity index (χ2v) is 9.76. The molecule has 2 aromatic heterocycles. The second-order valence-electron chi connectivity index (χ2n) is 8.73. The normalized spacial score (nSPS) is 11.2. The molecule has 6 aromatic rings. The number of rotatable bonds is 4. The molecule has 2 heterocycles. The standard InChI is InChI=1S/C30H22N4OS/c1-18-15-25-26(16-19(18)2)36-30(33-25)34-29(35)22-13-14-23-24(17-22)32-28(21-11-7-4-8-12-21)27(31-23)20-9-5-3-6-10-20/h3-17H,1-2H3,(H,33,34,35). The molecule has 36 heavy (non-hydrogen) atoms. The Balaban J connectivity index is 1.39. The van der Waals surface area contributed by atoms with Crippen LogP contribution in [0.15, 0.2) is 91.0 Å². The van der Waals surface area contributed by atoms with Crippen LogP contribution in [0.1, 0.15) is 21.5 Å². The fourth-order valence-corrected chi connectivity index (χ4v) is 5.13. The minimum atomic E-state index is -0.223. The van der Waals surface area contributed by atoms with Gasteiger partial charge in [0.05, 0.1) is 32.6 Å². The third-order valence-electron chi connectivity index (χ3n) is 6.25. The van der Waals surface area contributed by atoms with Gasteiger partial charge in [0.25, 0.3) is 5.91 Å². The molecule has 174 valence electrons. The van der Waals surface area contributed by atoms with Crippen molar-refractivity contribution in [2.24, 2.45) is 0 Å². The van der Waals surface area contributed by atoms with Crippen LogP contribution >= 0.6 is 11.3 Å². The molecule has 0 radical (unpaired) electrons. The number of hydrogen-bond acceptors (Lipinski definition) is 5. The first-order valence-corrected chi connectivity index (χ1v) is 12.5. The number of nitrogens with zero attached hydrogens (tertiary/aromatic N) is 3. The number of carbonyl (C=O) groups is 1. The largest absolute Gasteiger partial charge is 0.298 e. The first-order valence-electron chi connectivity index (χ1n) is 11.7. The molecule has 1 N–H and O–H groups in total. The highest BCUT2D eigenvalue weighted by Gasteiger charge is 2.16. The number of benzene rings is 4. The van der Waals surface area contributed by atoms with E-state index in [1.54, 1.807) is 12.1 Å². The second kappa shape index (κ2) is 8.98. The first kappa shape index (κ1) is 22.1. The van der Waals surface area contributed by atoms with E-state index in [2.05, 4.69) is 36.3 Å². The van der Waals surface area contributed by atoms with Crippen molar-refractivity contribution in [2.45, 2.75) is 13.8 Å². The van der Waals surface area contributed by atoms with Gasteiger partial charge >= 0.3 is 0 Å². The Morgan fingerprint density at radius 1 is 0.667 bits per heavy atom. The smallest absolute Gasteiger partial charge is 0.257 e. The van der Waals surface area contributed by atoms with E-state index in [0.29, 0.717) is 16.2 Å². The fraction of sp³-hybridized carbons (Fsp3) is 0.0667. The summed E-state index contributed by atoms with van der Waals surface area (Å²) in [6.45, 7) is 4.14. The summed E-state index contributed by atoms with van der Waals surface area (Å²) < 4.78 is 1.05. The number of aryl methyl sites for hydroxylation is 2. The average molecular weight is 487 g/mol. The average Bonchev–Trinajstić information content (AvgIpc) is 3.29. The van der Waals surface area contributed by atoms with Crippen LogP contribution in [0.2, 0.25) is 0 Å². The van der Waals surface area contributed by atoms with Crippen LogP contribution in [-0.4, -0.2) is 20.9 Å². The Morgan fingerprint density at radius 2 is 1.28 bits per heavy atom. The molecule has 0 unspecified atom stereocenters. The number of thiazole rings is 1. The molecule has 6 rings (SSSR count). The SMILES string of the molecule is Cc1cc2nc(NC(=O)c3ccc4nc(-c5ccccc5)c(-c5ccccc5)nc4c3)sc2cc1C. The molecule has 0 saturated heterocycles. The van der Waals surface area contributed by atoms with Crippen LogP contribution in [0.5, 0.6) is 0 Å². The summed E-state index contributed by atoms with van der Waals surface area (Å²) in [4.78, 5) is 27.6. The lowest BCUT2D eigenvalue weighted by Crippen LogP contribution is -2.11. The Bertz CT molecular complexity index is 1710. The van der Waals surface area contributed by atoms with Gasteiger partial charge < -0.3 is 0 Å². The highest BCUT2D eigenvalue weighted by Crippen LogP contribution is 2.32. The topological polar surface area (TPSA) is 67.8 Å². The van der Waals surface area contributed by atoms with Crippen molar-refractivity contribution in [3.63, 3.8) is 0 Å². The molecule has 6 heteroatoms. The van der Waals surface area contributed by atoms with Crippen LogP contribution < -0.4 is 5.32 Å². The molecule has 5 nitrogen and oxygen atoms in total. The lowest BCUT2D eigenvalue weighted by molar-refractivity contribution is 0.102.